The summed E-state index contributed by atoms with van der Waals surface area (Å²) in [4.78, 5) is 12.2. The molecule has 0 saturated carbocycles. The molecule has 0 bridgehead atoms. The van der Waals surface area contributed by atoms with Gasteiger partial charge in [-0.05, 0) is 36.4 Å². The molecule has 1 N–H and O–H groups in total. The van der Waals surface area contributed by atoms with Gasteiger partial charge in [0, 0.05) is 6.04 Å². The Labute approximate surface area is 87.1 Å². The van der Waals surface area contributed by atoms with Crippen molar-refractivity contribution in [1.29, 1.82) is 0 Å². The van der Waals surface area contributed by atoms with Gasteiger partial charge in [-0.2, -0.15) is 0 Å². The summed E-state index contributed by atoms with van der Waals surface area (Å²) in [5.74, 6) is -0.219. The van der Waals surface area contributed by atoms with Crippen LogP contribution >= 0.6 is 11.3 Å². The maximum atomic E-state index is 11.4. The third kappa shape index (κ3) is 1.67. The molecule has 0 amide bonds. The van der Waals surface area contributed by atoms with Gasteiger partial charge in [0.2, 0.25) is 0 Å². The molecule has 4 heteroatoms. The van der Waals surface area contributed by atoms with Gasteiger partial charge >= 0.3 is 5.97 Å². The molecule has 0 spiro atoms. The SMILES string of the molecule is COC(=O)c1sccc1[C@H]1CCCN1. The van der Waals surface area contributed by atoms with Gasteiger partial charge < -0.3 is 10.1 Å². The fourth-order valence-electron chi connectivity index (χ4n) is 1.80. The van der Waals surface area contributed by atoms with E-state index in [2.05, 4.69) is 5.32 Å². The first kappa shape index (κ1) is 9.68. The van der Waals surface area contributed by atoms with Gasteiger partial charge in [-0.25, -0.2) is 4.79 Å². The van der Waals surface area contributed by atoms with E-state index in [9.17, 15) is 4.79 Å². The summed E-state index contributed by atoms with van der Waals surface area (Å²) >= 11 is 1.45. The van der Waals surface area contributed by atoms with Crippen molar-refractivity contribution in [2.45, 2.75) is 18.9 Å². The number of rotatable bonds is 2. The predicted octanol–water partition coefficient (Wildman–Crippen LogP) is 1.96. The zero-order chi connectivity index (χ0) is 9.97. The molecule has 0 aliphatic carbocycles. The smallest absolute Gasteiger partial charge is 0.348 e. The second-order valence-corrected chi connectivity index (χ2v) is 4.26. The van der Waals surface area contributed by atoms with E-state index in [-0.39, 0.29) is 5.97 Å². The molecule has 2 heterocycles. The number of hydrogen-bond acceptors (Lipinski definition) is 4. The van der Waals surface area contributed by atoms with Crippen LogP contribution in [0.1, 0.15) is 34.1 Å². The Balaban J connectivity index is 2.24. The van der Waals surface area contributed by atoms with Crippen molar-refractivity contribution < 1.29 is 9.53 Å². The van der Waals surface area contributed by atoms with Crippen molar-refractivity contribution in [3.05, 3.63) is 21.9 Å². The number of ether oxygens (including phenoxy) is 1. The number of esters is 1. The van der Waals surface area contributed by atoms with E-state index < -0.39 is 0 Å². The lowest BCUT2D eigenvalue weighted by Gasteiger charge is -2.09. The highest BCUT2D eigenvalue weighted by atomic mass is 32.1. The van der Waals surface area contributed by atoms with Crippen LogP contribution in [0.5, 0.6) is 0 Å². The van der Waals surface area contributed by atoms with Crippen LogP contribution < -0.4 is 5.32 Å². The van der Waals surface area contributed by atoms with Gasteiger partial charge in [0.25, 0.3) is 0 Å². The van der Waals surface area contributed by atoms with Gasteiger partial charge in [0.1, 0.15) is 4.88 Å². The number of hydrogen-bond donors (Lipinski definition) is 1. The van der Waals surface area contributed by atoms with Crippen LogP contribution in [0.25, 0.3) is 0 Å². The maximum Gasteiger partial charge on any atom is 0.348 e. The van der Waals surface area contributed by atoms with E-state index in [1.54, 1.807) is 0 Å². The number of carbonyl (C=O) groups excluding carboxylic acids is 1. The third-order valence-electron chi connectivity index (χ3n) is 2.50. The topological polar surface area (TPSA) is 38.3 Å². The summed E-state index contributed by atoms with van der Waals surface area (Å²) in [6.45, 7) is 1.04. The second-order valence-electron chi connectivity index (χ2n) is 3.35. The van der Waals surface area contributed by atoms with Crippen molar-refractivity contribution in [2.75, 3.05) is 13.7 Å². The molecule has 0 aromatic carbocycles. The summed E-state index contributed by atoms with van der Waals surface area (Å²) in [5, 5.41) is 5.32. The van der Waals surface area contributed by atoms with E-state index in [0.717, 1.165) is 23.4 Å². The summed E-state index contributed by atoms with van der Waals surface area (Å²) in [6.07, 6.45) is 2.29. The third-order valence-corrected chi connectivity index (χ3v) is 3.41. The van der Waals surface area contributed by atoms with E-state index in [4.69, 9.17) is 4.74 Å². The largest absolute Gasteiger partial charge is 0.465 e. The van der Waals surface area contributed by atoms with Crippen molar-refractivity contribution in [3.8, 4) is 0 Å². The molecule has 76 valence electrons. The lowest BCUT2D eigenvalue weighted by molar-refractivity contribution is 0.0604. The van der Waals surface area contributed by atoms with Gasteiger partial charge in [-0.1, -0.05) is 0 Å². The van der Waals surface area contributed by atoms with Crippen LogP contribution in [0, 0.1) is 0 Å². The predicted molar refractivity (Wildman–Crippen MR) is 55.6 cm³/mol. The highest BCUT2D eigenvalue weighted by Gasteiger charge is 2.23. The summed E-state index contributed by atoms with van der Waals surface area (Å²) in [7, 11) is 1.42. The van der Waals surface area contributed by atoms with Crippen LogP contribution in [0.15, 0.2) is 11.4 Å². The highest BCUT2D eigenvalue weighted by Crippen LogP contribution is 2.29. The molecule has 1 aromatic rings. The Morgan fingerprint density at radius 2 is 2.57 bits per heavy atom. The second kappa shape index (κ2) is 4.11. The van der Waals surface area contributed by atoms with Gasteiger partial charge in [0.05, 0.1) is 7.11 Å². The molecule has 0 unspecified atom stereocenters. The summed E-state index contributed by atoms with van der Waals surface area (Å²) < 4.78 is 4.74. The fraction of sp³-hybridized carbons (Fsp3) is 0.500. The Morgan fingerprint density at radius 1 is 1.71 bits per heavy atom. The van der Waals surface area contributed by atoms with Crippen LogP contribution in [0.4, 0.5) is 0 Å². The fourth-order valence-corrected chi connectivity index (χ4v) is 2.68. The maximum absolute atomic E-state index is 11.4. The lowest BCUT2D eigenvalue weighted by atomic mass is 10.1. The average molecular weight is 211 g/mol. The molecule has 0 radical (unpaired) electrons. The lowest BCUT2D eigenvalue weighted by Crippen LogP contribution is -2.15. The molecule has 1 atom stereocenters. The first-order valence-electron chi connectivity index (χ1n) is 4.72. The first-order valence-corrected chi connectivity index (χ1v) is 5.60. The molecule has 1 saturated heterocycles. The number of carbonyl (C=O) groups is 1. The van der Waals surface area contributed by atoms with Crippen molar-refractivity contribution in [2.24, 2.45) is 0 Å². The molecular weight excluding hydrogens is 198 g/mol. The molecule has 1 aliphatic heterocycles. The van der Waals surface area contributed by atoms with Crippen LogP contribution in [-0.4, -0.2) is 19.6 Å². The van der Waals surface area contributed by atoms with E-state index in [1.165, 1.54) is 24.9 Å². The monoisotopic (exact) mass is 211 g/mol. The zero-order valence-electron chi connectivity index (χ0n) is 8.08. The Morgan fingerprint density at radius 3 is 3.21 bits per heavy atom. The number of thiophene rings is 1. The minimum absolute atomic E-state index is 0.219. The minimum Gasteiger partial charge on any atom is -0.465 e. The molecule has 1 aromatic heterocycles. The normalized spacial score (nSPS) is 21.1. The Kier molecular flexibility index (Phi) is 2.84. The molecule has 1 fully saturated rings. The van der Waals surface area contributed by atoms with Gasteiger partial charge in [0.15, 0.2) is 0 Å². The molecular formula is C10H13NO2S. The number of methoxy groups -OCH3 is 1. The highest BCUT2D eigenvalue weighted by molar-refractivity contribution is 7.12. The van der Waals surface area contributed by atoms with Crippen molar-refractivity contribution in [3.63, 3.8) is 0 Å². The zero-order valence-corrected chi connectivity index (χ0v) is 8.89. The Hall–Kier alpha value is -0.870. The minimum atomic E-state index is -0.219. The van der Waals surface area contributed by atoms with E-state index in [1.807, 2.05) is 11.4 Å². The first-order chi connectivity index (χ1) is 6.83. The summed E-state index contributed by atoms with van der Waals surface area (Å²) in [5.41, 5.74) is 1.10. The average Bonchev–Trinajstić information content (AvgIpc) is 2.85. The molecule has 1 aliphatic rings. The molecule has 3 nitrogen and oxygen atoms in total. The standard InChI is InChI=1S/C10H13NO2S/c1-13-10(12)9-7(4-6-14-9)8-3-2-5-11-8/h4,6,8,11H,2-3,5H2,1H3/t8-/m1/s1. The van der Waals surface area contributed by atoms with Crippen molar-refractivity contribution >= 4 is 17.3 Å². The number of nitrogens with one attached hydrogen (secondary N) is 1. The van der Waals surface area contributed by atoms with Crippen LogP contribution in [-0.2, 0) is 4.74 Å². The quantitative estimate of drug-likeness (QED) is 0.760. The van der Waals surface area contributed by atoms with Gasteiger partial charge in [-0.3, -0.25) is 0 Å². The molecule has 14 heavy (non-hydrogen) atoms. The van der Waals surface area contributed by atoms with Crippen LogP contribution in [0.3, 0.4) is 0 Å². The summed E-state index contributed by atoms with van der Waals surface area (Å²) in [6, 6.07) is 2.36. The van der Waals surface area contributed by atoms with E-state index >= 15 is 0 Å². The van der Waals surface area contributed by atoms with Crippen LogP contribution in [0.2, 0.25) is 0 Å². The van der Waals surface area contributed by atoms with Crippen molar-refractivity contribution in [1.82, 2.24) is 5.32 Å². The van der Waals surface area contributed by atoms with E-state index in [0.29, 0.717) is 6.04 Å². The Bertz CT molecular complexity index is 329. The van der Waals surface area contributed by atoms with Gasteiger partial charge in [-0.15, -0.1) is 11.3 Å². The molecule has 2 rings (SSSR count).